The van der Waals surface area contributed by atoms with E-state index in [0.29, 0.717) is 18.3 Å². The van der Waals surface area contributed by atoms with E-state index in [9.17, 15) is 0 Å². The van der Waals surface area contributed by atoms with Gasteiger partial charge in [0.05, 0.1) is 6.04 Å². The number of nitrogens with zero attached hydrogens (tertiary/aromatic N) is 2. The first-order chi connectivity index (χ1) is 10.0. The summed E-state index contributed by atoms with van der Waals surface area (Å²) in [5.41, 5.74) is 6.83. The topological polar surface area (TPSA) is 74.2 Å². The van der Waals surface area contributed by atoms with E-state index in [-0.39, 0.29) is 6.04 Å². The summed E-state index contributed by atoms with van der Waals surface area (Å²) in [7, 11) is 0. The number of benzene rings is 1. The van der Waals surface area contributed by atoms with Crippen LogP contribution in [0.1, 0.15) is 50.5 Å². The fourth-order valence-electron chi connectivity index (χ4n) is 2.15. The number of aryl methyl sites for hydroxylation is 1. The summed E-state index contributed by atoms with van der Waals surface area (Å²) >= 11 is 0. The van der Waals surface area contributed by atoms with Crippen LogP contribution >= 0.6 is 0 Å². The van der Waals surface area contributed by atoms with Gasteiger partial charge in [0.1, 0.15) is 5.60 Å². The van der Waals surface area contributed by atoms with E-state index in [2.05, 4.69) is 22.3 Å². The number of hydrogen-bond donors (Lipinski definition) is 1. The molecule has 0 fully saturated rings. The number of hydrogen-bond acceptors (Lipinski definition) is 5. The summed E-state index contributed by atoms with van der Waals surface area (Å²) in [6, 6.07) is 9.97. The minimum absolute atomic E-state index is 0.260. The van der Waals surface area contributed by atoms with Gasteiger partial charge in [0.15, 0.2) is 0 Å². The summed E-state index contributed by atoms with van der Waals surface area (Å²) < 4.78 is 10.9. The maximum Gasteiger partial charge on any atom is 0.243 e. The zero-order chi connectivity index (χ0) is 15.3. The van der Waals surface area contributed by atoms with Gasteiger partial charge in [-0.3, -0.25) is 0 Å². The van der Waals surface area contributed by atoms with E-state index in [1.807, 2.05) is 39.0 Å². The van der Waals surface area contributed by atoms with E-state index in [1.54, 1.807) is 0 Å². The molecule has 5 heteroatoms. The second kappa shape index (κ2) is 6.83. The average molecular weight is 289 g/mol. The van der Waals surface area contributed by atoms with Gasteiger partial charge >= 0.3 is 0 Å². The summed E-state index contributed by atoms with van der Waals surface area (Å²) in [5.74, 6) is 1.00. The Hall–Kier alpha value is -1.72. The molecule has 21 heavy (non-hydrogen) atoms. The van der Waals surface area contributed by atoms with Crippen LogP contribution in [0.5, 0.6) is 0 Å². The molecule has 0 aliphatic carbocycles. The number of rotatable bonds is 7. The van der Waals surface area contributed by atoms with Crippen LogP contribution in [0, 0.1) is 0 Å². The molecule has 0 aliphatic rings. The van der Waals surface area contributed by atoms with Crippen LogP contribution in [0.25, 0.3) is 0 Å². The van der Waals surface area contributed by atoms with E-state index < -0.39 is 5.60 Å². The summed E-state index contributed by atoms with van der Waals surface area (Å²) in [4.78, 5) is 4.38. The standard InChI is InChI=1S/C16H23N3O2/c1-4-20-16(2,3)15-18-14(21-19-15)13(17)11-10-12-8-6-5-7-9-12/h5-9,13H,4,10-11,17H2,1-3H3. The van der Waals surface area contributed by atoms with Gasteiger partial charge in [0, 0.05) is 6.61 Å². The Kier molecular flexibility index (Phi) is 5.09. The van der Waals surface area contributed by atoms with Crippen molar-refractivity contribution in [3.63, 3.8) is 0 Å². The molecule has 2 aromatic rings. The summed E-state index contributed by atoms with van der Waals surface area (Å²) in [6.07, 6.45) is 1.65. The van der Waals surface area contributed by atoms with Crippen molar-refractivity contribution in [2.45, 2.75) is 45.3 Å². The van der Waals surface area contributed by atoms with Crippen LogP contribution in [0.4, 0.5) is 0 Å². The lowest BCUT2D eigenvalue weighted by Gasteiger charge is -2.19. The molecule has 2 N–H and O–H groups in total. The van der Waals surface area contributed by atoms with Crippen molar-refractivity contribution in [3.8, 4) is 0 Å². The average Bonchev–Trinajstić information content (AvgIpc) is 2.96. The van der Waals surface area contributed by atoms with Crippen molar-refractivity contribution in [1.29, 1.82) is 0 Å². The van der Waals surface area contributed by atoms with Gasteiger partial charge in [0.25, 0.3) is 0 Å². The molecular weight excluding hydrogens is 266 g/mol. The fraction of sp³-hybridized carbons (Fsp3) is 0.500. The minimum Gasteiger partial charge on any atom is -0.368 e. The molecule has 1 unspecified atom stereocenters. The highest BCUT2D eigenvalue weighted by atomic mass is 16.5. The second-order valence-electron chi connectivity index (χ2n) is 5.53. The largest absolute Gasteiger partial charge is 0.368 e. The highest BCUT2D eigenvalue weighted by molar-refractivity contribution is 5.15. The van der Waals surface area contributed by atoms with E-state index >= 15 is 0 Å². The van der Waals surface area contributed by atoms with Crippen LogP contribution in [-0.2, 0) is 16.8 Å². The van der Waals surface area contributed by atoms with Crippen molar-refractivity contribution in [2.75, 3.05) is 6.61 Å². The van der Waals surface area contributed by atoms with Crippen molar-refractivity contribution in [3.05, 3.63) is 47.6 Å². The number of nitrogens with two attached hydrogens (primary N) is 1. The predicted molar refractivity (Wildman–Crippen MR) is 80.6 cm³/mol. The molecule has 0 saturated heterocycles. The Bertz CT molecular complexity index is 552. The number of ether oxygens (including phenoxy) is 1. The first-order valence-electron chi connectivity index (χ1n) is 7.30. The van der Waals surface area contributed by atoms with Gasteiger partial charge in [-0.1, -0.05) is 35.5 Å². The van der Waals surface area contributed by atoms with Crippen LogP contribution in [0.3, 0.4) is 0 Å². The third kappa shape index (κ3) is 4.12. The SMILES string of the molecule is CCOC(C)(C)c1noc(C(N)CCc2ccccc2)n1. The monoisotopic (exact) mass is 289 g/mol. The van der Waals surface area contributed by atoms with Crippen LogP contribution < -0.4 is 5.73 Å². The first kappa shape index (κ1) is 15.7. The van der Waals surface area contributed by atoms with Gasteiger partial charge in [-0.25, -0.2) is 0 Å². The molecule has 0 radical (unpaired) electrons. The predicted octanol–water partition coefficient (Wildman–Crippen LogP) is 2.97. The zero-order valence-corrected chi connectivity index (χ0v) is 12.9. The second-order valence-corrected chi connectivity index (χ2v) is 5.53. The van der Waals surface area contributed by atoms with E-state index in [0.717, 1.165) is 12.8 Å². The summed E-state index contributed by atoms with van der Waals surface area (Å²) in [6.45, 7) is 6.37. The molecule has 2 rings (SSSR count). The molecule has 1 atom stereocenters. The molecule has 1 heterocycles. The Morgan fingerprint density at radius 2 is 2.00 bits per heavy atom. The van der Waals surface area contributed by atoms with Crippen molar-refractivity contribution >= 4 is 0 Å². The zero-order valence-electron chi connectivity index (χ0n) is 12.9. The van der Waals surface area contributed by atoms with Crippen LogP contribution in [-0.4, -0.2) is 16.7 Å². The Morgan fingerprint density at radius 1 is 1.29 bits per heavy atom. The van der Waals surface area contributed by atoms with Crippen molar-refractivity contribution in [2.24, 2.45) is 5.73 Å². The van der Waals surface area contributed by atoms with Gasteiger partial charge in [-0.2, -0.15) is 4.98 Å². The highest BCUT2D eigenvalue weighted by Crippen LogP contribution is 2.23. The highest BCUT2D eigenvalue weighted by Gasteiger charge is 2.28. The van der Waals surface area contributed by atoms with E-state index in [1.165, 1.54) is 5.56 Å². The van der Waals surface area contributed by atoms with Crippen LogP contribution in [0.2, 0.25) is 0 Å². The molecule has 0 spiro atoms. The van der Waals surface area contributed by atoms with Gasteiger partial charge < -0.3 is 15.0 Å². The molecule has 0 amide bonds. The molecule has 5 nitrogen and oxygen atoms in total. The molecular formula is C16H23N3O2. The van der Waals surface area contributed by atoms with E-state index in [4.69, 9.17) is 15.0 Å². The third-order valence-electron chi connectivity index (χ3n) is 3.39. The number of aromatic nitrogens is 2. The van der Waals surface area contributed by atoms with Crippen molar-refractivity contribution in [1.82, 2.24) is 10.1 Å². The van der Waals surface area contributed by atoms with Gasteiger partial charge in [-0.05, 0) is 39.2 Å². The Balaban J connectivity index is 1.97. The smallest absolute Gasteiger partial charge is 0.243 e. The summed E-state index contributed by atoms with van der Waals surface area (Å²) in [5, 5.41) is 3.99. The normalized spacial score (nSPS) is 13.3. The van der Waals surface area contributed by atoms with Crippen LogP contribution in [0.15, 0.2) is 34.9 Å². The lowest BCUT2D eigenvalue weighted by Crippen LogP contribution is -2.23. The molecule has 0 aliphatic heterocycles. The minimum atomic E-state index is -0.560. The van der Waals surface area contributed by atoms with Crippen molar-refractivity contribution < 1.29 is 9.26 Å². The van der Waals surface area contributed by atoms with Gasteiger partial charge in [0.2, 0.25) is 11.7 Å². The quantitative estimate of drug-likeness (QED) is 0.848. The fourth-order valence-corrected chi connectivity index (χ4v) is 2.15. The maximum atomic E-state index is 6.14. The molecule has 1 aromatic heterocycles. The Morgan fingerprint density at radius 3 is 2.67 bits per heavy atom. The first-order valence-corrected chi connectivity index (χ1v) is 7.30. The lowest BCUT2D eigenvalue weighted by atomic mass is 10.1. The molecule has 0 saturated carbocycles. The maximum absolute atomic E-state index is 6.14. The molecule has 0 bridgehead atoms. The molecule has 114 valence electrons. The Labute approximate surface area is 125 Å². The third-order valence-corrected chi connectivity index (χ3v) is 3.39. The molecule has 1 aromatic carbocycles. The van der Waals surface area contributed by atoms with Gasteiger partial charge in [-0.15, -0.1) is 0 Å². The lowest BCUT2D eigenvalue weighted by molar-refractivity contribution is -0.0221.